The lowest BCUT2D eigenvalue weighted by atomic mass is 10.0. The van der Waals surface area contributed by atoms with Crippen molar-refractivity contribution in [1.82, 2.24) is 14.9 Å². The lowest BCUT2D eigenvalue weighted by Gasteiger charge is -2.18. The van der Waals surface area contributed by atoms with E-state index in [4.69, 9.17) is 0 Å². The first-order valence-electron chi connectivity index (χ1n) is 10.4. The molecule has 2 atom stereocenters. The number of benzene rings is 2. The van der Waals surface area contributed by atoms with E-state index in [9.17, 15) is 9.59 Å². The van der Waals surface area contributed by atoms with Gasteiger partial charge in [0.05, 0.1) is 16.9 Å². The summed E-state index contributed by atoms with van der Waals surface area (Å²) in [6.45, 7) is 0. The van der Waals surface area contributed by atoms with Crippen LogP contribution >= 0.6 is 11.8 Å². The van der Waals surface area contributed by atoms with Crippen LogP contribution in [-0.2, 0) is 0 Å². The Balaban J connectivity index is 1.45. The summed E-state index contributed by atoms with van der Waals surface area (Å²) in [5.74, 6) is 0.657. The number of para-hydroxylation sites is 2. The Hall–Kier alpha value is -3.42. The van der Waals surface area contributed by atoms with Crippen molar-refractivity contribution in [1.29, 1.82) is 0 Å². The number of carbonyl (C=O) groups excluding carboxylic acids is 2. The molecule has 0 radical (unpaired) electrons. The molecule has 6 nitrogen and oxygen atoms in total. The molecule has 0 aliphatic carbocycles. The second-order valence-electron chi connectivity index (χ2n) is 7.69. The Labute approximate surface area is 190 Å². The Morgan fingerprint density at radius 2 is 1.84 bits per heavy atom. The molecule has 2 aromatic heterocycles. The van der Waals surface area contributed by atoms with E-state index in [1.54, 1.807) is 40.7 Å². The summed E-state index contributed by atoms with van der Waals surface area (Å²) in [5.41, 5.74) is 3.12. The number of carbonyl (C=O) groups is 2. The largest absolute Gasteiger partial charge is 0.332 e. The maximum Gasteiger partial charge on any atom is 0.332 e. The number of ketones is 1. The molecule has 1 fully saturated rings. The zero-order valence-corrected chi connectivity index (χ0v) is 18.3. The summed E-state index contributed by atoms with van der Waals surface area (Å²) >= 11 is 1.69. The van der Waals surface area contributed by atoms with Gasteiger partial charge < -0.3 is 0 Å². The first-order chi connectivity index (χ1) is 15.6. The third-order valence-corrected chi connectivity index (χ3v) is 6.97. The smallest absolute Gasteiger partial charge is 0.297 e. The maximum atomic E-state index is 13.5. The summed E-state index contributed by atoms with van der Waals surface area (Å²) < 4.78 is 1.57. The molecule has 32 heavy (non-hydrogen) atoms. The lowest BCUT2D eigenvalue weighted by Crippen LogP contribution is -2.34. The van der Waals surface area contributed by atoms with Crippen LogP contribution in [0.1, 0.15) is 21.3 Å². The van der Waals surface area contributed by atoms with Crippen molar-refractivity contribution in [3.63, 3.8) is 0 Å². The van der Waals surface area contributed by atoms with Crippen LogP contribution < -0.4 is 10.2 Å². The van der Waals surface area contributed by atoms with Crippen LogP contribution in [0.2, 0.25) is 0 Å². The molecule has 1 aliphatic rings. The highest BCUT2D eigenvalue weighted by molar-refractivity contribution is 7.99. The van der Waals surface area contributed by atoms with Gasteiger partial charge in [-0.3, -0.25) is 24.6 Å². The number of amides is 1. The Morgan fingerprint density at radius 1 is 1.06 bits per heavy atom. The summed E-state index contributed by atoms with van der Waals surface area (Å²) in [7, 11) is 1.74. The third-order valence-electron chi connectivity index (χ3n) is 5.70. The molecule has 0 bridgehead atoms. The zero-order valence-electron chi connectivity index (χ0n) is 17.5. The van der Waals surface area contributed by atoms with Crippen molar-refractivity contribution in [3.8, 4) is 0 Å². The molecule has 2 unspecified atom stereocenters. The predicted molar refractivity (Wildman–Crippen MR) is 128 cm³/mol. The van der Waals surface area contributed by atoms with Gasteiger partial charge >= 0.3 is 6.03 Å². The molecule has 3 heterocycles. The van der Waals surface area contributed by atoms with Gasteiger partial charge in [0.2, 0.25) is 0 Å². The van der Waals surface area contributed by atoms with Crippen molar-refractivity contribution in [2.24, 2.45) is 0 Å². The Kier molecular flexibility index (Phi) is 5.51. The van der Waals surface area contributed by atoms with E-state index in [0.29, 0.717) is 11.3 Å². The van der Waals surface area contributed by atoms with Gasteiger partial charge in [-0.05, 0) is 29.8 Å². The van der Waals surface area contributed by atoms with Gasteiger partial charge in [-0.25, -0.2) is 4.79 Å². The number of anilines is 1. The minimum Gasteiger partial charge on any atom is -0.297 e. The highest BCUT2D eigenvalue weighted by Crippen LogP contribution is 2.34. The van der Waals surface area contributed by atoms with Gasteiger partial charge in [-0.1, -0.05) is 42.5 Å². The van der Waals surface area contributed by atoms with Gasteiger partial charge in [0.15, 0.2) is 5.78 Å². The summed E-state index contributed by atoms with van der Waals surface area (Å²) in [6, 6.07) is 20.4. The predicted octanol–water partition coefficient (Wildman–Crippen LogP) is 4.73. The van der Waals surface area contributed by atoms with E-state index >= 15 is 0 Å². The monoisotopic (exact) mass is 442 g/mol. The van der Waals surface area contributed by atoms with Crippen LogP contribution in [0.5, 0.6) is 0 Å². The van der Waals surface area contributed by atoms with Crippen LogP contribution in [-0.4, -0.2) is 40.2 Å². The van der Waals surface area contributed by atoms with Crippen molar-refractivity contribution in [2.45, 2.75) is 11.4 Å². The number of aromatic nitrogens is 2. The average molecular weight is 443 g/mol. The quantitative estimate of drug-likeness (QED) is 0.463. The number of thioether (sulfide) groups is 1. The number of nitrogens with one attached hydrogen (secondary N) is 1. The highest BCUT2D eigenvalue weighted by Gasteiger charge is 2.33. The fraction of sp³-hybridized carbons (Fsp3) is 0.160. The molecule has 1 amide bonds. The van der Waals surface area contributed by atoms with Gasteiger partial charge in [0.25, 0.3) is 0 Å². The summed E-state index contributed by atoms with van der Waals surface area (Å²) in [6.07, 6.45) is 5.24. The number of Topliss-reactive ketones (excluding diaryl/α,β-unsaturated/α-hetero) is 1. The molecule has 0 spiro atoms. The molecular weight excluding hydrogens is 420 g/mol. The SMILES string of the molecule is CN(C(=O)n1cc(C(=O)C2CSC(c3cccnc3)N2)c2ccccc21)c1ccccc1. The van der Waals surface area contributed by atoms with Gasteiger partial charge in [-0.15, -0.1) is 11.8 Å². The van der Waals surface area contributed by atoms with E-state index in [1.807, 2.05) is 72.9 Å². The Morgan fingerprint density at radius 3 is 2.62 bits per heavy atom. The van der Waals surface area contributed by atoms with Crippen molar-refractivity contribution < 1.29 is 9.59 Å². The molecule has 2 aromatic carbocycles. The second-order valence-corrected chi connectivity index (χ2v) is 8.83. The molecule has 160 valence electrons. The van der Waals surface area contributed by atoms with Crippen LogP contribution in [0.25, 0.3) is 10.9 Å². The maximum absolute atomic E-state index is 13.5. The van der Waals surface area contributed by atoms with Crippen LogP contribution in [0.4, 0.5) is 10.5 Å². The second kappa shape index (κ2) is 8.61. The van der Waals surface area contributed by atoms with E-state index in [2.05, 4.69) is 10.3 Å². The molecule has 4 aromatic rings. The normalized spacial score (nSPS) is 18.0. The lowest BCUT2D eigenvalue weighted by molar-refractivity contribution is 0.0957. The standard InChI is InChI=1S/C25H22N4O2S/c1-28(18-9-3-2-4-10-18)25(31)29-15-20(19-11-5-6-12-22(19)29)23(30)21-16-32-24(27-21)17-8-7-13-26-14-17/h2-15,21,24,27H,16H2,1H3. The topological polar surface area (TPSA) is 67.2 Å². The highest BCUT2D eigenvalue weighted by atomic mass is 32.2. The summed E-state index contributed by atoms with van der Waals surface area (Å²) in [4.78, 5) is 32.6. The average Bonchev–Trinajstić information content (AvgIpc) is 3.50. The zero-order chi connectivity index (χ0) is 22.1. The molecule has 1 N–H and O–H groups in total. The molecular formula is C25H22N4O2S. The molecule has 1 saturated heterocycles. The number of rotatable bonds is 4. The fourth-order valence-electron chi connectivity index (χ4n) is 3.99. The van der Waals surface area contributed by atoms with E-state index in [0.717, 1.165) is 22.2 Å². The first-order valence-corrected chi connectivity index (χ1v) is 11.4. The number of pyridine rings is 1. The van der Waals surface area contributed by atoms with E-state index in [-0.39, 0.29) is 23.2 Å². The van der Waals surface area contributed by atoms with E-state index < -0.39 is 0 Å². The number of nitrogens with zero attached hydrogens (tertiary/aromatic N) is 3. The van der Waals surface area contributed by atoms with Gasteiger partial charge in [-0.2, -0.15) is 0 Å². The minimum absolute atomic E-state index is 0.00555. The molecule has 5 rings (SSSR count). The third kappa shape index (κ3) is 3.70. The molecule has 1 aliphatic heterocycles. The molecule has 7 heteroatoms. The first kappa shape index (κ1) is 20.5. The fourth-order valence-corrected chi connectivity index (χ4v) is 5.22. The van der Waals surface area contributed by atoms with Crippen molar-refractivity contribution in [2.75, 3.05) is 17.7 Å². The Bertz CT molecular complexity index is 1270. The van der Waals surface area contributed by atoms with Gasteiger partial charge in [0.1, 0.15) is 0 Å². The minimum atomic E-state index is -0.327. The van der Waals surface area contributed by atoms with Crippen LogP contribution in [0.3, 0.4) is 0 Å². The van der Waals surface area contributed by atoms with Crippen molar-refractivity contribution in [3.05, 3.63) is 96.4 Å². The number of hydrogen-bond donors (Lipinski definition) is 1. The number of fused-ring (bicyclic) bond motifs is 1. The molecule has 0 saturated carbocycles. The number of hydrogen-bond acceptors (Lipinski definition) is 5. The van der Waals surface area contributed by atoms with E-state index in [1.165, 1.54) is 0 Å². The van der Waals surface area contributed by atoms with Crippen molar-refractivity contribution >= 4 is 40.2 Å². The summed E-state index contributed by atoms with van der Waals surface area (Å²) in [5, 5.41) is 4.23. The van der Waals surface area contributed by atoms with Gasteiger partial charge in [0, 0.05) is 48.0 Å². The van der Waals surface area contributed by atoms with Crippen LogP contribution in [0, 0.1) is 0 Å². The van der Waals surface area contributed by atoms with Crippen LogP contribution in [0.15, 0.2) is 85.3 Å².